The second kappa shape index (κ2) is 5.67. The molecule has 0 atom stereocenters. The fraction of sp³-hybridized carbons (Fsp3) is 0.833. The summed E-state index contributed by atoms with van der Waals surface area (Å²) in [5.41, 5.74) is 0. The van der Waals surface area contributed by atoms with Gasteiger partial charge in [-0.25, -0.2) is 0 Å². The van der Waals surface area contributed by atoms with Gasteiger partial charge in [0.05, 0.1) is 26.7 Å². The third-order valence-corrected chi connectivity index (χ3v) is 3.46. The Labute approximate surface area is 106 Å². The summed E-state index contributed by atoms with van der Waals surface area (Å²) >= 11 is 0. The Morgan fingerprint density at radius 2 is 1.78 bits per heavy atom. The SMILES string of the molecule is COC(=O)CCC(=O)N1CCC2(CC1)OCCO2. The van der Waals surface area contributed by atoms with Gasteiger partial charge in [-0.3, -0.25) is 9.59 Å². The molecule has 0 bridgehead atoms. The van der Waals surface area contributed by atoms with E-state index in [1.807, 2.05) is 0 Å². The van der Waals surface area contributed by atoms with Gasteiger partial charge in [0.15, 0.2) is 5.79 Å². The summed E-state index contributed by atoms with van der Waals surface area (Å²) in [5.74, 6) is -0.813. The van der Waals surface area contributed by atoms with E-state index in [2.05, 4.69) is 4.74 Å². The zero-order valence-corrected chi connectivity index (χ0v) is 10.6. The number of rotatable bonds is 3. The fourth-order valence-corrected chi connectivity index (χ4v) is 2.35. The first kappa shape index (κ1) is 13.3. The molecule has 0 aromatic heterocycles. The Morgan fingerprint density at radius 1 is 1.17 bits per heavy atom. The van der Waals surface area contributed by atoms with E-state index in [9.17, 15) is 9.59 Å². The van der Waals surface area contributed by atoms with Crippen molar-refractivity contribution in [3.8, 4) is 0 Å². The van der Waals surface area contributed by atoms with E-state index in [0.29, 0.717) is 39.1 Å². The zero-order chi connectivity index (χ0) is 13.0. The zero-order valence-electron chi connectivity index (χ0n) is 10.6. The lowest BCUT2D eigenvalue weighted by Crippen LogP contribution is -2.47. The van der Waals surface area contributed by atoms with Crippen LogP contribution in [0.15, 0.2) is 0 Å². The number of methoxy groups -OCH3 is 1. The Kier molecular flexibility index (Phi) is 4.19. The first-order chi connectivity index (χ1) is 8.65. The van der Waals surface area contributed by atoms with Gasteiger partial charge < -0.3 is 19.1 Å². The number of hydrogen-bond acceptors (Lipinski definition) is 5. The Bertz CT molecular complexity index is 314. The minimum atomic E-state index is -0.459. The quantitative estimate of drug-likeness (QED) is 0.681. The molecule has 2 fully saturated rings. The Hall–Kier alpha value is -1.14. The van der Waals surface area contributed by atoms with Gasteiger partial charge >= 0.3 is 5.97 Å². The molecule has 0 radical (unpaired) electrons. The number of nitrogens with zero attached hydrogens (tertiary/aromatic N) is 1. The van der Waals surface area contributed by atoms with Gasteiger partial charge in [-0.1, -0.05) is 0 Å². The molecule has 2 rings (SSSR count). The first-order valence-electron chi connectivity index (χ1n) is 6.28. The normalized spacial score (nSPS) is 22.2. The van der Waals surface area contributed by atoms with Crippen LogP contribution in [0.5, 0.6) is 0 Å². The van der Waals surface area contributed by atoms with Crippen molar-refractivity contribution in [1.29, 1.82) is 0 Å². The molecule has 0 aromatic carbocycles. The maximum absolute atomic E-state index is 11.9. The maximum atomic E-state index is 11.9. The van der Waals surface area contributed by atoms with Gasteiger partial charge in [-0.15, -0.1) is 0 Å². The van der Waals surface area contributed by atoms with E-state index in [1.165, 1.54) is 7.11 Å². The highest BCUT2D eigenvalue weighted by Gasteiger charge is 2.40. The molecule has 18 heavy (non-hydrogen) atoms. The van der Waals surface area contributed by atoms with Crippen LogP contribution in [0.1, 0.15) is 25.7 Å². The number of likely N-dealkylation sites (tertiary alicyclic amines) is 1. The van der Waals surface area contributed by atoms with Crippen molar-refractivity contribution in [2.75, 3.05) is 33.4 Å². The Balaban J connectivity index is 1.75. The van der Waals surface area contributed by atoms with Crippen LogP contribution < -0.4 is 0 Å². The molecule has 102 valence electrons. The maximum Gasteiger partial charge on any atom is 0.306 e. The second-order valence-corrected chi connectivity index (χ2v) is 4.56. The summed E-state index contributed by atoms with van der Waals surface area (Å²) in [6.45, 7) is 2.52. The highest BCUT2D eigenvalue weighted by atomic mass is 16.7. The van der Waals surface area contributed by atoms with Gasteiger partial charge in [0.2, 0.25) is 5.91 Å². The third kappa shape index (κ3) is 3.00. The second-order valence-electron chi connectivity index (χ2n) is 4.56. The molecule has 0 saturated carbocycles. The average Bonchev–Trinajstić information content (AvgIpc) is 2.84. The van der Waals surface area contributed by atoms with Gasteiger partial charge in [-0.2, -0.15) is 0 Å². The van der Waals surface area contributed by atoms with E-state index in [0.717, 1.165) is 0 Å². The van der Waals surface area contributed by atoms with Crippen molar-refractivity contribution in [3.63, 3.8) is 0 Å². The first-order valence-corrected chi connectivity index (χ1v) is 6.28. The lowest BCUT2D eigenvalue weighted by Gasteiger charge is -2.37. The predicted octanol–water partition coefficient (Wildman–Crippen LogP) is 0.305. The lowest BCUT2D eigenvalue weighted by molar-refractivity contribution is -0.187. The molecule has 0 unspecified atom stereocenters. The number of ether oxygens (including phenoxy) is 3. The van der Waals surface area contributed by atoms with E-state index in [-0.39, 0.29) is 24.7 Å². The standard InChI is InChI=1S/C12H19NO5/c1-16-11(15)3-2-10(14)13-6-4-12(5-7-13)17-8-9-18-12/h2-9H2,1H3. The topological polar surface area (TPSA) is 65.1 Å². The summed E-state index contributed by atoms with van der Waals surface area (Å²) < 4.78 is 15.7. The van der Waals surface area contributed by atoms with E-state index >= 15 is 0 Å². The summed E-state index contributed by atoms with van der Waals surface area (Å²) in [6, 6.07) is 0. The summed E-state index contributed by atoms with van der Waals surface area (Å²) in [4.78, 5) is 24.6. The van der Waals surface area contributed by atoms with Crippen LogP contribution in [0.25, 0.3) is 0 Å². The van der Waals surface area contributed by atoms with Crippen LogP contribution in [0.2, 0.25) is 0 Å². The van der Waals surface area contributed by atoms with E-state index in [4.69, 9.17) is 9.47 Å². The van der Waals surface area contributed by atoms with Gasteiger partial charge in [0.25, 0.3) is 0 Å². The minimum absolute atomic E-state index is 0.00625. The van der Waals surface area contributed by atoms with Crippen molar-refractivity contribution in [2.45, 2.75) is 31.5 Å². The predicted molar refractivity (Wildman–Crippen MR) is 61.7 cm³/mol. The summed E-state index contributed by atoms with van der Waals surface area (Å²) in [7, 11) is 1.33. The monoisotopic (exact) mass is 257 g/mol. The number of carbonyl (C=O) groups excluding carboxylic acids is 2. The van der Waals surface area contributed by atoms with Crippen molar-refractivity contribution >= 4 is 11.9 Å². The minimum Gasteiger partial charge on any atom is -0.469 e. The highest BCUT2D eigenvalue weighted by molar-refractivity contribution is 5.81. The van der Waals surface area contributed by atoms with Gasteiger partial charge in [0.1, 0.15) is 0 Å². The number of esters is 1. The smallest absolute Gasteiger partial charge is 0.306 e. The molecule has 2 aliphatic heterocycles. The van der Waals surface area contributed by atoms with Crippen molar-refractivity contribution in [1.82, 2.24) is 4.90 Å². The Morgan fingerprint density at radius 3 is 2.33 bits per heavy atom. The molecule has 1 spiro atoms. The largest absolute Gasteiger partial charge is 0.469 e. The lowest BCUT2D eigenvalue weighted by atomic mass is 10.0. The molecule has 2 saturated heterocycles. The molecule has 6 nitrogen and oxygen atoms in total. The molecular formula is C12H19NO5. The van der Waals surface area contributed by atoms with E-state index in [1.54, 1.807) is 4.90 Å². The summed E-state index contributed by atoms with van der Waals surface area (Å²) in [5, 5.41) is 0. The fourth-order valence-electron chi connectivity index (χ4n) is 2.35. The number of hydrogen-bond donors (Lipinski definition) is 0. The van der Waals surface area contributed by atoms with Crippen LogP contribution in [0.3, 0.4) is 0 Å². The van der Waals surface area contributed by atoms with Crippen LogP contribution >= 0.6 is 0 Å². The van der Waals surface area contributed by atoms with Crippen molar-refractivity contribution in [3.05, 3.63) is 0 Å². The molecule has 0 aromatic rings. The van der Waals surface area contributed by atoms with Gasteiger partial charge in [0, 0.05) is 32.4 Å². The molecule has 0 N–H and O–H groups in total. The van der Waals surface area contributed by atoms with Crippen molar-refractivity contribution in [2.24, 2.45) is 0 Å². The third-order valence-electron chi connectivity index (χ3n) is 3.46. The molecule has 6 heteroatoms. The number of amides is 1. The van der Waals surface area contributed by atoms with Crippen LogP contribution in [0, 0.1) is 0 Å². The van der Waals surface area contributed by atoms with Crippen LogP contribution in [0.4, 0.5) is 0 Å². The highest BCUT2D eigenvalue weighted by Crippen LogP contribution is 2.31. The molecule has 2 heterocycles. The van der Waals surface area contributed by atoms with E-state index < -0.39 is 5.79 Å². The van der Waals surface area contributed by atoms with Crippen LogP contribution in [-0.2, 0) is 23.8 Å². The average molecular weight is 257 g/mol. The molecule has 1 amide bonds. The van der Waals surface area contributed by atoms with Crippen LogP contribution in [-0.4, -0.2) is 56.0 Å². The molecule has 2 aliphatic rings. The summed E-state index contributed by atoms with van der Waals surface area (Å²) in [6.07, 6.45) is 1.76. The van der Waals surface area contributed by atoms with Gasteiger partial charge in [-0.05, 0) is 0 Å². The number of carbonyl (C=O) groups is 2. The number of piperidine rings is 1. The molecule has 0 aliphatic carbocycles. The molecular weight excluding hydrogens is 238 g/mol. The van der Waals surface area contributed by atoms with Crippen molar-refractivity contribution < 1.29 is 23.8 Å².